The third-order valence-electron chi connectivity index (χ3n) is 3.83. The number of rotatable bonds is 8. The Hall–Kier alpha value is -2.96. The maximum absolute atomic E-state index is 12.9. The lowest BCUT2D eigenvalue weighted by Crippen LogP contribution is -2.36. The fourth-order valence-electron chi connectivity index (χ4n) is 2.52. The van der Waals surface area contributed by atoms with Crippen LogP contribution in [0.2, 0.25) is 0 Å². The third kappa shape index (κ3) is 5.02. The zero-order chi connectivity index (χ0) is 18.9. The molecule has 2 rings (SSSR count). The van der Waals surface area contributed by atoms with Crippen LogP contribution in [0, 0.1) is 5.82 Å². The highest BCUT2D eigenvalue weighted by Gasteiger charge is 2.15. The van der Waals surface area contributed by atoms with Gasteiger partial charge in [0, 0.05) is 18.7 Å². The molecule has 0 saturated heterocycles. The minimum absolute atomic E-state index is 0.297. The van der Waals surface area contributed by atoms with E-state index < -0.39 is 0 Å². The molecule has 140 valence electrons. The second-order valence-electron chi connectivity index (χ2n) is 5.48. The van der Waals surface area contributed by atoms with Crippen LogP contribution in [-0.2, 0) is 13.0 Å². The quantitative estimate of drug-likeness (QED) is 0.758. The van der Waals surface area contributed by atoms with Crippen LogP contribution in [0.4, 0.5) is 9.18 Å². The van der Waals surface area contributed by atoms with Crippen molar-refractivity contribution in [3.63, 3.8) is 0 Å². The van der Waals surface area contributed by atoms with Crippen LogP contribution in [0.1, 0.15) is 11.1 Å². The van der Waals surface area contributed by atoms with Crippen molar-refractivity contribution in [3.8, 4) is 17.2 Å². The van der Waals surface area contributed by atoms with Gasteiger partial charge in [-0.1, -0.05) is 18.2 Å². The molecule has 0 saturated carbocycles. The number of hydrogen-bond donors (Lipinski definition) is 2. The molecule has 0 atom stereocenters. The van der Waals surface area contributed by atoms with Crippen molar-refractivity contribution in [2.75, 3.05) is 27.9 Å². The summed E-state index contributed by atoms with van der Waals surface area (Å²) in [4.78, 5) is 11.9. The van der Waals surface area contributed by atoms with Crippen LogP contribution >= 0.6 is 0 Å². The number of methoxy groups -OCH3 is 3. The van der Waals surface area contributed by atoms with E-state index in [9.17, 15) is 9.18 Å². The maximum atomic E-state index is 12.9. The van der Waals surface area contributed by atoms with Gasteiger partial charge in [0.15, 0.2) is 11.5 Å². The van der Waals surface area contributed by atoms with Crippen LogP contribution in [-0.4, -0.2) is 33.9 Å². The number of hydrogen-bond acceptors (Lipinski definition) is 4. The van der Waals surface area contributed by atoms with Crippen molar-refractivity contribution in [2.45, 2.75) is 13.0 Å². The molecule has 2 aromatic rings. The molecule has 0 aliphatic rings. The number of amides is 2. The number of carbonyl (C=O) groups excluding carboxylic acids is 1. The van der Waals surface area contributed by atoms with E-state index in [1.807, 2.05) is 6.07 Å². The van der Waals surface area contributed by atoms with Crippen LogP contribution < -0.4 is 24.8 Å². The predicted molar refractivity (Wildman–Crippen MR) is 96.4 cm³/mol. The first-order chi connectivity index (χ1) is 12.6. The zero-order valence-electron chi connectivity index (χ0n) is 15.1. The number of carbonyl (C=O) groups is 1. The summed E-state index contributed by atoms with van der Waals surface area (Å²) in [6.07, 6.45) is 0.563. The molecule has 0 radical (unpaired) electrons. The smallest absolute Gasteiger partial charge is 0.315 e. The van der Waals surface area contributed by atoms with Crippen molar-refractivity contribution in [1.29, 1.82) is 0 Å². The average Bonchev–Trinajstić information content (AvgIpc) is 2.66. The van der Waals surface area contributed by atoms with Crippen LogP contribution in [0.5, 0.6) is 17.2 Å². The lowest BCUT2D eigenvalue weighted by molar-refractivity contribution is 0.240. The van der Waals surface area contributed by atoms with E-state index in [2.05, 4.69) is 10.6 Å². The van der Waals surface area contributed by atoms with Gasteiger partial charge in [0.25, 0.3) is 0 Å². The highest BCUT2D eigenvalue weighted by molar-refractivity contribution is 5.73. The Morgan fingerprint density at radius 1 is 0.923 bits per heavy atom. The van der Waals surface area contributed by atoms with E-state index in [0.717, 1.165) is 11.1 Å². The molecule has 0 spiro atoms. The summed E-state index contributed by atoms with van der Waals surface area (Å²) in [5.41, 5.74) is 1.71. The fraction of sp³-hybridized carbons (Fsp3) is 0.316. The molecule has 0 aliphatic carbocycles. The molecule has 2 aromatic carbocycles. The zero-order valence-corrected chi connectivity index (χ0v) is 15.1. The Labute approximate surface area is 152 Å². The Kier molecular flexibility index (Phi) is 7.08. The molecule has 0 aliphatic heterocycles. The van der Waals surface area contributed by atoms with Crippen molar-refractivity contribution in [3.05, 3.63) is 53.3 Å². The normalized spacial score (nSPS) is 10.2. The van der Waals surface area contributed by atoms with E-state index in [1.54, 1.807) is 39.5 Å². The summed E-state index contributed by atoms with van der Waals surface area (Å²) in [6, 6.07) is 9.35. The van der Waals surface area contributed by atoms with Crippen molar-refractivity contribution in [1.82, 2.24) is 10.6 Å². The fourth-order valence-corrected chi connectivity index (χ4v) is 2.52. The minimum Gasteiger partial charge on any atom is -0.493 e. The summed E-state index contributed by atoms with van der Waals surface area (Å²) in [7, 11) is 4.67. The van der Waals surface area contributed by atoms with Crippen LogP contribution in [0.3, 0.4) is 0 Å². The summed E-state index contributed by atoms with van der Waals surface area (Å²) in [5.74, 6) is 1.38. The van der Waals surface area contributed by atoms with Gasteiger partial charge in [0.2, 0.25) is 5.75 Å². The number of nitrogens with one attached hydrogen (secondary N) is 2. The molecular formula is C19H23FN2O4. The highest BCUT2D eigenvalue weighted by Crippen LogP contribution is 2.39. The van der Waals surface area contributed by atoms with Gasteiger partial charge in [0.05, 0.1) is 21.3 Å². The number of ether oxygens (including phenoxy) is 3. The van der Waals surface area contributed by atoms with Gasteiger partial charge in [-0.05, 0) is 30.2 Å². The van der Waals surface area contributed by atoms with E-state index in [0.29, 0.717) is 36.8 Å². The Balaban J connectivity index is 1.87. The molecule has 7 heteroatoms. The summed E-state index contributed by atoms with van der Waals surface area (Å²) < 4.78 is 28.9. The molecule has 0 aromatic heterocycles. The molecule has 2 amide bonds. The molecule has 26 heavy (non-hydrogen) atoms. The lowest BCUT2D eigenvalue weighted by Gasteiger charge is -2.16. The summed E-state index contributed by atoms with van der Waals surface area (Å²) in [5, 5.41) is 5.50. The molecule has 0 heterocycles. The maximum Gasteiger partial charge on any atom is 0.315 e. The van der Waals surface area contributed by atoms with Gasteiger partial charge in [0.1, 0.15) is 5.82 Å². The molecule has 6 nitrogen and oxygen atoms in total. The average molecular weight is 362 g/mol. The predicted octanol–water partition coefficient (Wildman–Crippen LogP) is 2.89. The van der Waals surface area contributed by atoms with Gasteiger partial charge < -0.3 is 24.8 Å². The van der Waals surface area contributed by atoms with Crippen molar-refractivity contribution >= 4 is 6.03 Å². The van der Waals surface area contributed by atoms with Gasteiger partial charge in [-0.3, -0.25) is 0 Å². The van der Waals surface area contributed by atoms with Gasteiger partial charge in [-0.15, -0.1) is 0 Å². The topological polar surface area (TPSA) is 68.8 Å². The van der Waals surface area contributed by atoms with Crippen LogP contribution in [0.25, 0.3) is 0 Å². The minimum atomic E-state index is -0.304. The van der Waals surface area contributed by atoms with E-state index in [1.165, 1.54) is 12.1 Å². The Morgan fingerprint density at radius 3 is 2.23 bits per heavy atom. The number of benzene rings is 2. The van der Waals surface area contributed by atoms with E-state index >= 15 is 0 Å². The Bertz CT molecular complexity index is 735. The first kappa shape index (κ1) is 19.4. The molecule has 0 bridgehead atoms. The lowest BCUT2D eigenvalue weighted by atomic mass is 10.1. The SMILES string of the molecule is COc1ccc(CCNC(=O)NCc2ccc(F)cc2)c(OC)c1OC. The monoisotopic (exact) mass is 362 g/mol. The van der Waals surface area contributed by atoms with Gasteiger partial charge >= 0.3 is 6.03 Å². The van der Waals surface area contributed by atoms with E-state index in [-0.39, 0.29) is 11.8 Å². The summed E-state index contributed by atoms with van der Waals surface area (Å²) in [6.45, 7) is 0.743. The van der Waals surface area contributed by atoms with Gasteiger partial charge in [-0.25, -0.2) is 9.18 Å². The van der Waals surface area contributed by atoms with Crippen molar-refractivity contribution < 1.29 is 23.4 Å². The first-order valence-electron chi connectivity index (χ1n) is 8.13. The second-order valence-corrected chi connectivity index (χ2v) is 5.48. The third-order valence-corrected chi connectivity index (χ3v) is 3.83. The Morgan fingerprint density at radius 2 is 1.62 bits per heavy atom. The first-order valence-corrected chi connectivity index (χ1v) is 8.13. The number of urea groups is 1. The molecule has 0 fully saturated rings. The van der Waals surface area contributed by atoms with E-state index in [4.69, 9.17) is 14.2 Å². The standard InChI is InChI=1S/C19H23FN2O4/c1-24-16-9-6-14(17(25-2)18(16)26-3)10-11-21-19(23)22-12-13-4-7-15(20)8-5-13/h4-9H,10-12H2,1-3H3,(H2,21,22,23). The number of halogens is 1. The van der Waals surface area contributed by atoms with Gasteiger partial charge in [-0.2, -0.15) is 0 Å². The second kappa shape index (κ2) is 9.50. The summed E-state index contributed by atoms with van der Waals surface area (Å²) >= 11 is 0. The van der Waals surface area contributed by atoms with Crippen LogP contribution in [0.15, 0.2) is 36.4 Å². The molecule has 2 N–H and O–H groups in total. The molecular weight excluding hydrogens is 339 g/mol. The highest BCUT2D eigenvalue weighted by atomic mass is 19.1. The van der Waals surface area contributed by atoms with Crippen molar-refractivity contribution in [2.24, 2.45) is 0 Å². The molecule has 0 unspecified atom stereocenters. The largest absolute Gasteiger partial charge is 0.493 e.